The standard InChI is InChI=1S/C16H16BrF2NO3S/c1-3-23-15-7-5-12(17)9-16(15)24(21,22)20(2)10-11-4-6-13(18)14(19)8-11/h4-9H,3,10H2,1-2H3. The lowest BCUT2D eigenvalue weighted by Crippen LogP contribution is -2.27. The molecule has 2 aromatic carbocycles. The third-order valence-electron chi connectivity index (χ3n) is 3.28. The van der Waals surface area contributed by atoms with E-state index in [2.05, 4.69) is 15.9 Å². The Balaban J connectivity index is 2.35. The highest BCUT2D eigenvalue weighted by Crippen LogP contribution is 2.30. The molecular weight excluding hydrogens is 404 g/mol. The van der Waals surface area contributed by atoms with Crippen LogP contribution in [0.3, 0.4) is 0 Å². The zero-order valence-electron chi connectivity index (χ0n) is 13.1. The molecule has 0 aliphatic heterocycles. The maximum absolute atomic E-state index is 13.3. The fraction of sp³-hybridized carbons (Fsp3) is 0.250. The Labute approximate surface area is 148 Å². The van der Waals surface area contributed by atoms with Gasteiger partial charge in [0, 0.05) is 18.1 Å². The first-order valence-electron chi connectivity index (χ1n) is 7.08. The van der Waals surface area contributed by atoms with Gasteiger partial charge >= 0.3 is 0 Å². The predicted molar refractivity (Wildman–Crippen MR) is 90.3 cm³/mol. The van der Waals surface area contributed by atoms with Crippen LogP contribution in [0.4, 0.5) is 8.78 Å². The van der Waals surface area contributed by atoms with Crippen LogP contribution in [0.1, 0.15) is 12.5 Å². The largest absolute Gasteiger partial charge is 0.492 e. The Morgan fingerprint density at radius 1 is 1.12 bits per heavy atom. The molecule has 0 bridgehead atoms. The van der Waals surface area contributed by atoms with Crippen LogP contribution in [-0.2, 0) is 16.6 Å². The van der Waals surface area contributed by atoms with Crippen molar-refractivity contribution in [2.24, 2.45) is 0 Å². The highest BCUT2D eigenvalue weighted by atomic mass is 79.9. The van der Waals surface area contributed by atoms with Gasteiger partial charge in [-0.2, -0.15) is 4.31 Å². The van der Waals surface area contributed by atoms with Gasteiger partial charge in [0.05, 0.1) is 6.61 Å². The molecule has 24 heavy (non-hydrogen) atoms. The minimum Gasteiger partial charge on any atom is -0.492 e. The van der Waals surface area contributed by atoms with Crippen molar-refractivity contribution in [2.45, 2.75) is 18.4 Å². The second-order valence-electron chi connectivity index (χ2n) is 5.03. The quantitative estimate of drug-likeness (QED) is 0.711. The van der Waals surface area contributed by atoms with Crippen molar-refractivity contribution in [3.63, 3.8) is 0 Å². The molecule has 2 aromatic rings. The molecule has 130 valence electrons. The van der Waals surface area contributed by atoms with E-state index in [4.69, 9.17) is 4.74 Å². The average molecular weight is 420 g/mol. The molecule has 0 radical (unpaired) electrons. The molecule has 8 heteroatoms. The van der Waals surface area contributed by atoms with E-state index in [1.54, 1.807) is 19.1 Å². The Bertz CT molecular complexity index is 843. The normalized spacial score (nSPS) is 11.8. The smallest absolute Gasteiger partial charge is 0.246 e. The number of hydrogen-bond acceptors (Lipinski definition) is 3. The molecule has 0 aliphatic carbocycles. The van der Waals surface area contributed by atoms with E-state index in [-0.39, 0.29) is 17.2 Å². The fourth-order valence-electron chi connectivity index (χ4n) is 2.11. The van der Waals surface area contributed by atoms with Crippen molar-refractivity contribution < 1.29 is 21.9 Å². The van der Waals surface area contributed by atoms with E-state index >= 15 is 0 Å². The third kappa shape index (κ3) is 4.12. The lowest BCUT2D eigenvalue weighted by Gasteiger charge is -2.19. The Morgan fingerprint density at radius 3 is 2.46 bits per heavy atom. The minimum absolute atomic E-state index is 0.00353. The van der Waals surface area contributed by atoms with Crippen molar-refractivity contribution in [2.75, 3.05) is 13.7 Å². The third-order valence-corrected chi connectivity index (χ3v) is 5.60. The van der Waals surface area contributed by atoms with Crippen LogP contribution in [0.15, 0.2) is 45.8 Å². The van der Waals surface area contributed by atoms with Gasteiger partial charge in [-0.3, -0.25) is 0 Å². The second-order valence-corrected chi connectivity index (χ2v) is 7.96. The summed E-state index contributed by atoms with van der Waals surface area (Å²) in [5.41, 5.74) is 0.341. The summed E-state index contributed by atoms with van der Waals surface area (Å²) in [4.78, 5) is 0.00353. The summed E-state index contributed by atoms with van der Waals surface area (Å²) in [7, 11) is -2.51. The molecule has 0 unspecified atom stereocenters. The van der Waals surface area contributed by atoms with E-state index in [1.807, 2.05) is 0 Å². The van der Waals surface area contributed by atoms with Crippen molar-refractivity contribution in [3.8, 4) is 5.75 Å². The van der Waals surface area contributed by atoms with Gasteiger partial charge in [-0.05, 0) is 42.8 Å². The van der Waals surface area contributed by atoms with Crippen LogP contribution < -0.4 is 4.74 Å². The summed E-state index contributed by atoms with van der Waals surface area (Å²) in [6.07, 6.45) is 0. The molecule has 2 rings (SSSR count). The van der Waals surface area contributed by atoms with Crippen molar-refractivity contribution in [3.05, 3.63) is 58.1 Å². The topological polar surface area (TPSA) is 46.6 Å². The van der Waals surface area contributed by atoms with Gasteiger partial charge in [-0.15, -0.1) is 0 Å². The maximum Gasteiger partial charge on any atom is 0.246 e. The first kappa shape index (κ1) is 18.8. The van der Waals surface area contributed by atoms with Crippen molar-refractivity contribution in [1.29, 1.82) is 0 Å². The van der Waals surface area contributed by atoms with Crippen molar-refractivity contribution in [1.82, 2.24) is 4.31 Å². The zero-order valence-corrected chi connectivity index (χ0v) is 15.5. The average Bonchev–Trinajstić information content (AvgIpc) is 2.52. The SMILES string of the molecule is CCOc1ccc(Br)cc1S(=O)(=O)N(C)Cc1ccc(F)c(F)c1. The molecular formula is C16H16BrF2NO3S. The lowest BCUT2D eigenvalue weighted by atomic mass is 10.2. The van der Waals surface area contributed by atoms with Crippen LogP contribution in [0.25, 0.3) is 0 Å². The first-order chi connectivity index (χ1) is 11.3. The van der Waals surface area contributed by atoms with E-state index < -0.39 is 21.7 Å². The Morgan fingerprint density at radius 2 is 1.83 bits per heavy atom. The molecule has 0 spiro atoms. The van der Waals surface area contributed by atoms with Gasteiger partial charge < -0.3 is 4.74 Å². The summed E-state index contributed by atoms with van der Waals surface area (Å²) in [6, 6.07) is 7.98. The van der Waals surface area contributed by atoms with Gasteiger partial charge in [0.2, 0.25) is 10.0 Å². The van der Waals surface area contributed by atoms with Gasteiger partial charge in [0.1, 0.15) is 10.6 Å². The minimum atomic E-state index is -3.87. The molecule has 0 saturated carbocycles. The summed E-state index contributed by atoms with van der Waals surface area (Å²) >= 11 is 3.24. The number of sulfonamides is 1. The molecule has 0 saturated heterocycles. The molecule has 0 aromatic heterocycles. The van der Waals surface area contributed by atoms with E-state index in [0.29, 0.717) is 16.6 Å². The summed E-state index contributed by atoms with van der Waals surface area (Å²) in [6.45, 7) is 1.97. The highest BCUT2D eigenvalue weighted by molar-refractivity contribution is 9.10. The van der Waals surface area contributed by atoms with Crippen LogP contribution in [-0.4, -0.2) is 26.4 Å². The summed E-state index contributed by atoms with van der Waals surface area (Å²) < 4.78 is 58.9. The molecule has 4 nitrogen and oxygen atoms in total. The molecule has 0 amide bonds. The molecule has 0 atom stereocenters. The van der Waals surface area contributed by atoms with Crippen molar-refractivity contribution >= 4 is 26.0 Å². The molecule has 0 N–H and O–H groups in total. The molecule has 0 aliphatic rings. The fourth-order valence-corrected chi connectivity index (χ4v) is 3.93. The van der Waals surface area contributed by atoms with Crippen LogP contribution in [0.2, 0.25) is 0 Å². The molecule has 0 heterocycles. The van der Waals surface area contributed by atoms with E-state index in [9.17, 15) is 17.2 Å². The number of halogens is 3. The van der Waals surface area contributed by atoms with Gasteiger partial charge in [0.25, 0.3) is 0 Å². The molecule has 0 fully saturated rings. The van der Waals surface area contributed by atoms with Gasteiger partial charge in [-0.25, -0.2) is 17.2 Å². The highest BCUT2D eigenvalue weighted by Gasteiger charge is 2.25. The number of hydrogen-bond donors (Lipinski definition) is 0. The number of rotatable bonds is 6. The Kier molecular flexibility index (Phi) is 5.95. The Hall–Kier alpha value is -1.51. The predicted octanol–water partition coefficient (Wildman–Crippen LogP) is 3.95. The maximum atomic E-state index is 13.3. The summed E-state index contributed by atoms with van der Waals surface area (Å²) in [5, 5.41) is 0. The first-order valence-corrected chi connectivity index (χ1v) is 9.31. The van der Waals surface area contributed by atoms with Gasteiger partial charge in [-0.1, -0.05) is 22.0 Å². The monoisotopic (exact) mass is 419 g/mol. The van der Waals surface area contributed by atoms with Crippen LogP contribution in [0.5, 0.6) is 5.75 Å². The van der Waals surface area contributed by atoms with E-state index in [1.165, 1.54) is 19.2 Å². The summed E-state index contributed by atoms with van der Waals surface area (Å²) in [5.74, 6) is -1.76. The van der Waals surface area contributed by atoms with Crippen LogP contribution in [0, 0.1) is 11.6 Å². The number of nitrogens with zero attached hydrogens (tertiary/aromatic N) is 1. The second kappa shape index (κ2) is 7.58. The lowest BCUT2D eigenvalue weighted by molar-refractivity contribution is 0.329. The number of ether oxygens (including phenoxy) is 1. The van der Waals surface area contributed by atoms with E-state index in [0.717, 1.165) is 16.4 Å². The number of benzene rings is 2. The zero-order chi connectivity index (χ0) is 17.9. The van der Waals surface area contributed by atoms with Crippen LogP contribution >= 0.6 is 15.9 Å². The van der Waals surface area contributed by atoms with Gasteiger partial charge in [0.15, 0.2) is 11.6 Å².